The number of amides is 1. The van der Waals surface area contributed by atoms with Gasteiger partial charge in [-0.05, 0) is 30.2 Å². The van der Waals surface area contributed by atoms with E-state index in [0.717, 1.165) is 11.1 Å². The maximum absolute atomic E-state index is 11.7. The molecule has 4 heteroatoms. The molecule has 0 saturated heterocycles. The topological polar surface area (TPSA) is 57.6 Å². The Hall–Kier alpha value is -2.62. The Labute approximate surface area is 130 Å². The minimum atomic E-state index is -0.0612. The van der Waals surface area contributed by atoms with Crippen LogP contribution in [0.25, 0.3) is 11.1 Å². The van der Waals surface area contributed by atoms with E-state index in [9.17, 15) is 14.7 Å². The van der Waals surface area contributed by atoms with Crippen molar-refractivity contribution >= 4 is 17.4 Å². The van der Waals surface area contributed by atoms with Crippen LogP contribution in [0.1, 0.15) is 30.6 Å². The normalized spacial score (nSPS) is 10.3. The molecule has 1 amide bonds. The molecule has 0 bridgehead atoms. The molecule has 0 unspecified atom stereocenters. The first-order chi connectivity index (χ1) is 10.4. The fourth-order valence-corrected chi connectivity index (χ4v) is 2.26. The van der Waals surface area contributed by atoms with E-state index >= 15 is 0 Å². The average molecular weight is 297 g/mol. The summed E-state index contributed by atoms with van der Waals surface area (Å²) in [6.07, 6.45) is 0.379. The van der Waals surface area contributed by atoms with Gasteiger partial charge in [0.1, 0.15) is 5.75 Å². The van der Waals surface area contributed by atoms with Gasteiger partial charge in [0.05, 0.1) is 5.69 Å². The van der Waals surface area contributed by atoms with E-state index in [2.05, 4.69) is 0 Å². The van der Waals surface area contributed by atoms with Crippen molar-refractivity contribution < 1.29 is 14.7 Å². The predicted octanol–water partition coefficient (Wildman–Crippen LogP) is 3.63. The molecule has 1 N–H and O–H groups in total. The summed E-state index contributed by atoms with van der Waals surface area (Å²) in [4.78, 5) is 24.4. The molecular weight excluding hydrogens is 278 g/mol. The number of ketones is 1. The van der Waals surface area contributed by atoms with E-state index in [0.29, 0.717) is 17.7 Å². The summed E-state index contributed by atoms with van der Waals surface area (Å²) in [5.74, 6) is 0.00996. The molecule has 2 aromatic carbocycles. The molecular formula is C18H19NO3. The number of hydrogen-bond donors (Lipinski definition) is 1. The number of phenols is 1. The number of aromatic hydroxyl groups is 1. The van der Waals surface area contributed by atoms with Crippen molar-refractivity contribution in [1.82, 2.24) is 0 Å². The molecule has 0 aliphatic rings. The minimum absolute atomic E-state index is 0.0180. The minimum Gasteiger partial charge on any atom is -0.506 e. The summed E-state index contributed by atoms with van der Waals surface area (Å²) < 4.78 is 0. The van der Waals surface area contributed by atoms with Gasteiger partial charge in [0.25, 0.3) is 0 Å². The smallest absolute Gasteiger partial charge is 0.226 e. The molecule has 22 heavy (non-hydrogen) atoms. The van der Waals surface area contributed by atoms with Crippen LogP contribution < -0.4 is 4.90 Å². The first-order valence-corrected chi connectivity index (χ1v) is 7.15. The predicted molar refractivity (Wildman–Crippen MR) is 87.2 cm³/mol. The lowest BCUT2D eigenvalue weighted by Crippen LogP contribution is -2.25. The molecule has 2 rings (SSSR count). The van der Waals surface area contributed by atoms with Crippen molar-refractivity contribution in [3.8, 4) is 16.9 Å². The van der Waals surface area contributed by atoms with Gasteiger partial charge in [0, 0.05) is 19.0 Å². The zero-order valence-corrected chi connectivity index (χ0v) is 13.0. The highest BCUT2D eigenvalue weighted by Crippen LogP contribution is 2.32. The number of Topliss-reactive ketones (excluding diaryl/α,β-unsaturated/α-hetero) is 1. The Morgan fingerprint density at radius 2 is 1.64 bits per heavy atom. The third-order valence-corrected chi connectivity index (χ3v) is 3.64. The summed E-state index contributed by atoms with van der Waals surface area (Å²) in [5.41, 5.74) is 2.86. The number of anilines is 1. The van der Waals surface area contributed by atoms with Crippen molar-refractivity contribution in [3.63, 3.8) is 0 Å². The summed E-state index contributed by atoms with van der Waals surface area (Å²) in [7, 11) is 1.64. The number of benzene rings is 2. The maximum atomic E-state index is 11.7. The van der Waals surface area contributed by atoms with E-state index in [1.165, 1.54) is 11.8 Å². The third-order valence-electron chi connectivity index (χ3n) is 3.64. The Morgan fingerprint density at radius 3 is 2.14 bits per heavy atom. The van der Waals surface area contributed by atoms with Crippen molar-refractivity contribution in [2.24, 2.45) is 0 Å². The zero-order chi connectivity index (χ0) is 16.3. The standard InChI is InChI=1S/C18H19NO3/c1-4-18(22)19(3)16-10-9-15(11-17(16)21)14-7-5-13(6-8-14)12(2)20/h5-11,21H,4H2,1-3H3. The van der Waals surface area contributed by atoms with Crippen LogP contribution in [0.15, 0.2) is 42.5 Å². The van der Waals surface area contributed by atoms with Gasteiger partial charge in [-0.1, -0.05) is 37.3 Å². The van der Waals surface area contributed by atoms with Crippen molar-refractivity contribution in [2.45, 2.75) is 20.3 Å². The molecule has 114 valence electrons. The largest absolute Gasteiger partial charge is 0.506 e. The van der Waals surface area contributed by atoms with Gasteiger partial charge in [-0.3, -0.25) is 9.59 Å². The van der Waals surface area contributed by atoms with Crippen LogP contribution in [-0.4, -0.2) is 23.8 Å². The van der Waals surface area contributed by atoms with Crippen LogP contribution in [-0.2, 0) is 4.79 Å². The van der Waals surface area contributed by atoms with Crippen molar-refractivity contribution in [3.05, 3.63) is 48.0 Å². The van der Waals surface area contributed by atoms with Crippen LogP contribution in [0.5, 0.6) is 5.75 Å². The Balaban J connectivity index is 2.32. The van der Waals surface area contributed by atoms with Crippen molar-refractivity contribution in [1.29, 1.82) is 0 Å². The third kappa shape index (κ3) is 3.17. The summed E-state index contributed by atoms with van der Waals surface area (Å²) >= 11 is 0. The molecule has 0 spiro atoms. The number of rotatable bonds is 4. The Morgan fingerprint density at radius 1 is 1.05 bits per heavy atom. The highest BCUT2D eigenvalue weighted by Gasteiger charge is 2.13. The zero-order valence-electron chi connectivity index (χ0n) is 13.0. The second-order valence-corrected chi connectivity index (χ2v) is 5.14. The first-order valence-electron chi connectivity index (χ1n) is 7.15. The molecule has 0 atom stereocenters. The van der Waals surface area contributed by atoms with Crippen LogP contribution in [0.2, 0.25) is 0 Å². The molecule has 0 aliphatic heterocycles. The molecule has 4 nitrogen and oxygen atoms in total. The second-order valence-electron chi connectivity index (χ2n) is 5.14. The number of carbonyl (C=O) groups is 2. The number of nitrogens with zero attached hydrogens (tertiary/aromatic N) is 1. The summed E-state index contributed by atoms with van der Waals surface area (Å²) in [6, 6.07) is 12.4. The lowest BCUT2D eigenvalue weighted by Gasteiger charge is -2.18. The SMILES string of the molecule is CCC(=O)N(C)c1ccc(-c2ccc(C(C)=O)cc2)cc1O. The Bertz CT molecular complexity index is 705. The fourth-order valence-electron chi connectivity index (χ4n) is 2.26. The number of carbonyl (C=O) groups excluding carboxylic acids is 2. The summed E-state index contributed by atoms with van der Waals surface area (Å²) in [5, 5.41) is 10.2. The van der Waals surface area contributed by atoms with Gasteiger partial charge in [-0.15, -0.1) is 0 Å². The molecule has 0 radical (unpaired) electrons. The number of hydrogen-bond acceptors (Lipinski definition) is 3. The van der Waals surface area contributed by atoms with Crippen LogP contribution in [0, 0.1) is 0 Å². The van der Waals surface area contributed by atoms with Crippen LogP contribution >= 0.6 is 0 Å². The van der Waals surface area contributed by atoms with Gasteiger partial charge in [0.15, 0.2) is 5.78 Å². The highest BCUT2D eigenvalue weighted by molar-refractivity contribution is 5.95. The van der Waals surface area contributed by atoms with Gasteiger partial charge >= 0.3 is 0 Å². The molecule has 0 heterocycles. The fraction of sp³-hybridized carbons (Fsp3) is 0.222. The first kappa shape index (κ1) is 15.8. The molecule has 0 fully saturated rings. The van der Waals surface area contributed by atoms with Crippen LogP contribution in [0.4, 0.5) is 5.69 Å². The van der Waals surface area contributed by atoms with E-state index in [1.807, 2.05) is 18.2 Å². The molecule has 0 saturated carbocycles. The highest BCUT2D eigenvalue weighted by atomic mass is 16.3. The second kappa shape index (κ2) is 6.43. The number of phenolic OH excluding ortho intramolecular Hbond substituents is 1. The van der Waals surface area contributed by atoms with Gasteiger partial charge in [-0.2, -0.15) is 0 Å². The molecule has 2 aromatic rings. The Kier molecular flexibility index (Phi) is 4.61. The maximum Gasteiger partial charge on any atom is 0.226 e. The van der Waals surface area contributed by atoms with E-state index in [-0.39, 0.29) is 17.4 Å². The van der Waals surface area contributed by atoms with E-state index in [4.69, 9.17) is 0 Å². The summed E-state index contributed by atoms with van der Waals surface area (Å²) in [6.45, 7) is 3.30. The van der Waals surface area contributed by atoms with Crippen molar-refractivity contribution in [2.75, 3.05) is 11.9 Å². The van der Waals surface area contributed by atoms with E-state index in [1.54, 1.807) is 38.2 Å². The van der Waals surface area contributed by atoms with Gasteiger partial charge in [-0.25, -0.2) is 0 Å². The van der Waals surface area contributed by atoms with E-state index < -0.39 is 0 Å². The van der Waals surface area contributed by atoms with Crippen LogP contribution in [0.3, 0.4) is 0 Å². The molecule has 0 aromatic heterocycles. The molecule has 0 aliphatic carbocycles. The lowest BCUT2D eigenvalue weighted by molar-refractivity contribution is -0.118. The average Bonchev–Trinajstić information content (AvgIpc) is 2.53. The lowest BCUT2D eigenvalue weighted by atomic mass is 10.0. The van der Waals surface area contributed by atoms with Gasteiger partial charge < -0.3 is 10.0 Å². The quantitative estimate of drug-likeness (QED) is 0.877. The van der Waals surface area contributed by atoms with Gasteiger partial charge in [0.2, 0.25) is 5.91 Å². The monoisotopic (exact) mass is 297 g/mol.